The van der Waals surface area contributed by atoms with Crippen LogP contribution in [0.15, 0.2) is 0 Å². The number of methoxy groups -OCH3 is 1. The molecule has 4 heteroatoms. The smallest absolute Gasteiger partial charge is 0.228 e. The highest BCUT2D eigenvalue weighted by Crippen LogP contribution is 2.29. The zero-order chi connectivity index (χ0) is 13.1. The van der Waals surface area contributed by atoms with E-state index < -0.39 is 0 Å². The maximum absolute atomic E-state index is 12.4. The molecule has 0 aromatic rings. The van der Waals surface area contributed by atoms with Gasteiger partial charge in [0.25, 0.3) is 0 Å². The van der Waals surface area contributed by atoms with Crippen LogP contribution in [0.25, 0.3) is 0 Å². The molecule has 2 rings (SSSR count). The van der Waals surface area contributed by atoms with Gasteiger partial charge in [0.2, 0.25) is 5.91 Å². The van der Waals surface area contributed by atoms with Crippen LogP contribution in [0.5, 0.6) is 0 Å². The minimum Gasteiger partial charge on any atom is -0.384 e. The number of likely N-dealkylation sites (tertiary alicyclic amines) is 2. The van der Waals surface area contributed by atoms with Crippen LogP contribution in [0, 0.1) is 5.92 Å². The summed E-state index contributed by atoms with van der Waals surface area (Å²) in [5, 5.41) is 0. The number of carbonyl (C=O) groups is 1. The molecule has 2 aliphatic heterocycles. The van der Waals surface area contributed by atoms with Crippen molar-refractivity contribution >= 4 is 5.91 Å². The van der Waals surface area contributed by atoms with Crippen LogP contribution in [-0.2, 0) is 9.53 Å². The van der Waals surface area contributed by atoms with Crippen LogP contribution >= 0.6 is 0 Å². The van der Waals surface area contributed by atoms with Gasteiger partial charge in [0, 0.05) is 25.7 Å². The standard InChI is InChI=1S/C14H26N2O2/c1-11(10-18-3)14(17)16-9-5-7-13(16)12-6-4-8-15(12)2/h11-13H,4-10H2,1-3H3/t11-,12-,13+/m0/s1. The SMILES string of the molecule is COC[C@H](C)C(=O)N1CCC[C@@H]1[C@@H]1CCCN1C. The number of carbonyl (C=O) groups excluding carboxylic acids is 1. The summed E-state index contributed by atoms with van der Waals surface area (Å²) in [6, 6.07) is 1.01. The fourth-order valence-electron chi connectivity index (χ4n) is 3.49. The van der Waals surface area contributed by atoms with Gasteiger partial charge < -0.3 is 14.5 Å². The summed E-state index contributed by atoms with van der Waals surface area (Å²) in [7, 11) is 3.85. The van der Waals surface area contributed by atoms with Gasteiger partial charge in [-0.2, -0.15) is 0 Å². The predicted octanol–water partition coefficient (Wildman–Crippen LogP) is 1.35. The monoisotopic (exact) mass is 254 g/mol. The summed E-state index contributed by atoms with van der Waals surface area (Å²) < 4.78 is 5.11. The van der Waals surface area contributed by atoms with Crippen molar-refractivity contribution in [3.8, 4) is 0 Å². The van der Waals surface area contributed by atoms with E-state index in [0.29, 0.717) is 18.7 Å². The lowest BCUT2D eigenvalue weighted by molar-refractivity contribution is -0.138. The van der Waals surface area contributed by atoms with Crippen LogP contribution in [0.2, 0.25) is 0 Å². The highest BCUT2D eigenvalue weighted by atomic mass is 16.5. The Morgan fingerprint density at radius 1 is 1.28 bits per heavy atom. The van der Waals surface area contributed by atoms with Gasteiger partial charge in [0.15, 0.2) is 0 Å². The zero-order valence-corrected chi connectivity index (χ0v) is 11.9. The molecule has 2 aliphatic rings. The number of ether oxygens (including phenoxy) is 1. The van der Waals surface area contributed by atoms with Gasteiger partial charge in [-0.1, -0.05) is 6.92 Å². The second-order valence-corrected chi connectivity index (χ2v) is 5.79. The molecule has 3 atom stereocenters. The quantitative estimate of drug-likeness (QED) is 0.759. The van der Waals surface area contributed by atoms with Crippen molar-refractivity contribution in [2.75, 3.05) is 33.9 Å². The first kappa shape index (κ1) is 13.8. The minimum atomic E-state index is -0.0118. The molecular formula is C14H26N2O2. The van der Waals surface area contributed by atoms with Crippen molar-refractivity contribution in [3.63, 3.8) is 0 Å². The van der Waals surface area contributed by atoms with Crippen LogP contribution in [0.4, 0.5) is 0 Å². The predicted molar refractivity (Wildman–Crippen MR) is 71.4 cm³/mol. The van der Waals surface area contributed by atoms with Gasteiger partial charge in [-0.25, -0.2) is 0 Å². The average molecular weight is 254 g/mol. The molecule has 4 nitrogen and oxygen atoms in total. The zero-order valence-electron chi connectivity index (χ0n) is 11.9. The molecule has 0 bridgehead atoms. The molecular weight excluding hydrogens is 228 g/mol. The molecule has 0 unspecified atom stereocenters. The fourth-order valence-corrected chi connectivity index (χ4v) is 3.49. The minimum absolute atomic E-state index is 0.0118. The van der Waals surface area contributed by atoms with Gasteiger partial charge in [-0.15, -0.1) is 0 Å². The Bertz CT molecular complexity index is 296. The maximum Gasteiger partial charge on any atom is 0.228 e. The summed E-state index contributed by atoms with van der Waals surface area (Å²) in [5.41, 5.74) is 0. The third-order valence-corrected chi connectivity index (χ3v) is 4.44. The number of likely N-dealkylation sites (N-methyl/N-ethyl adjacent to an activating group) is 1. The van der Waals surface area contributed by atoms with E-state index in [2.05, 4.69) is 16.8 Å². The molecule has 0 radical (unpaired) electrons. The van der Waals surface area contributed by atoms with Crippen molar-refractivity contribution in [2.45, 2.75) is 44.7 Å². The fraction of sp³-hybridized carbons (Fsp3) is 0.929. The molecule has 2 saturated heterocycles. The van der Waals surface area contributed by atoms with Crippen molar-refractivity contribution in [1.29, 1.82) is 0 Å². The van der Waals surface area contributed by atoms with E-state index in [-0.39, 0.29) is 11.8 Å². The number of hydrogen-bond acceptors (Lipinski definition) is 3. The van der Waals surface area contributed by atoms with Gasteiger partial charge in [-0.3, -0.25) is 4.79 Å². The Morgan fingerprint density at radius 3 is 2.56 bits per heavy atom. The topological polar surface area (TPSA) is 32.8 Å². The summed E-state index contributed by atoms with van der Waals surface area (Å²) >= 11 is 0. The molecule has 18 heavy (non-hydrogen) atoms. The summed E-state index contributed by atoms with van der Waals surface area (Å²) in [6.07, 6.45) is 4.83. The van der Waals surface area contributed by atoms with Crippen LogP contribution in [-0.4, -0.2) is 61.6 Å². The van der Waals surface area contributed by atoms with E-state index in [4.69, 9.17) is 4.74 Å². The van der Waals surface area contributed by atoms with E-state index in [1.807, 2.05) is 6.92 Å². The third-order valence-electron chi connectivity index (χ3n) is 4.44. The first-order valence-electron chi connectivity index (χ1n) is 7.14. The van der Waals surface area contributed by atoms with E-state index in [0.717, 1.165) is 13.0 Å². The summed E-state index contributed by atoms with van der Waals surface area (Å²) in [5.74, 6) is 0.266. The molecule has 104 valence electrons. The van der Waals surface area contributed by atoms with Gasteiger partial charge in [-0.05, 0) is 39.3 Å². The van der Waals surface area contributed by atoms with E-state index in [1.54, 1.807) is 7.11 Å². The normalized spacial score (nSPS) is 30.9. The number of nitrogens with zero attached hydrogens (tertiary/aromatic N) is 2. The van der Waals surface area contributed by atoms with Crippen molar-refractivity contribution in [3.05, 3.63) is 0 Å². The maximum atomic E-state index is 12.4. The van der Waals surface area contributed by atoms with Crippen molar-refractivity contribution in [1.82, 2.24) is 9.80 Å². The van der Waals surface area contributed by atoms with E-state index >= 15 is 0 Å². The Balaban J connectivity index is 2.00. The Labute approximate surface area is 110 Å². The Kier molecular flexibility index (Phi) is 4.62. The number of amides is 1. The molecule has 0 N–H and O–H groups in total. The van der Waals surface area contributed by atoms with Crippen LogP contribution in [0.1, 0.15) is 32.6 Å². The third kappa shape index (κ3) is 2.69. The molecule has 0 saturated carbocycles. The molecule has 0 aromatic carbocycles. The molecule has 0 spiro atoms. The van der Waals surface area contributed by atoms with Gasteiger partial charge in [0.05, 0.1) is 12.5 Å². The van der Waals surface area contributed by atoms with E-state index in [1.165, 1.54) is 25.8 Å². The molecule has 0 aromatic heterocycles. The summed E-state index contributed by atoms with van der Waals surface area (Å²) in [6.45, 7) is 4.61. The van der Waals surface area contributed by atoms with Crippen molar-refractivity contribution < 1.29 is 9.53 Å². The lowest BCUT2D eigenvalue weighted by Gasteiger charge is -2.34. The number of rotatable bonds is 4. The molecule has 2 heterocycles. The summed E-state index contributed by atoms with van der Waals surface area (Å²) in [4.78, 5) is 17.0. The highest BCUT2D eigenvalue weighted by Gasteiger charge is 2.39. The Morgan fingerprint density at radius 2 is 1.94 bits per heavy atom. The van der Waals surface area contributed by atoms with Gasteiger partial charge in [0.1, 0.15) is 0 Å². The average Bonchev–Trinajstić information content (AvgIpc) is 2.96. The largest absolute Gasteiger partial charge is 0.384 e. The Hall–Kier alpha value is -0.610. The molecule has 1 amide bonds. The van der Waals surface area contributed by atoms with Gasteiger partial charge >= 0.3 is 0 Å². The van der Waals surface area contributed by atoms with Crippen LogP contribution < -0.4 is 0 Å². The lowest BCUT2D eigenvalue weighted by Crippen LogP contribution is -2.49. The second-order valence-electron chi connectivity index (χ2n) is 5.79. The highest BCUT2D eigenvalue weighted by molar-refractivity contribution is 5.79. The molecule has 0 aliphatic carbocycles. The second kappa shape index (κ2) is 6.02. The van der Waals surface area contributed by atoms with E-state index in [9.17, 15) is 4.79 Å². The first-order chi connectivity index (χ1) is 8.65. The number of hydrogen-bond donors (Lipinski definition) is 0. The lowest BCUT2D eigenvalue weighted by atomic mass is 10.0. The van der Waals surface area contributed by atoms with Crippen LogP contribution in [0.3, 0.4) is 0 Å². The molecule has 2 fully saturated rings. The van der Waals surface area contributed by atoms with Crippen molar-refractivity contribution in [2.24, 2.45) is 5.92 Å². The first-order valence-corrected chi connectivity index (χ1v) is 7.14.